The average molecular weight is 188 g/mol. The monoisotopic (exact) mass is 188 g/mol. The smallest absolute Gasteiger partial charge is 0.338 e. The largest absolute Gasteiger partial charge is 0.464 e. The minimum Gasteiger partial charge on any atom is -0.464 e. The van der Waals surface area contributed by atoms with Gasteiger partial charge in [-0.2, -0.15) is 0 Å². The highest BCUT2D eigenvalue weighted by Gasteiger charge is 2.57. The number of epoxide rings is 1. The molecule has 0 saturated carbocycles. The van der Waals surface area contributed by atoms with Crippen LogP contribution in [0.4, 0.5) is 0 Å². The fourth-order valence-electron chi connectivity index (χ4n) is 1.25. The molecule has 13 heavy (non-hydrogen) atoms. The molecule has 0 N–H and O–H groups in total. The lowest BCUT2D eigenvalue weighted by Crippen LogP contribution is -2.21. The molecule has 0 spiro atoms. The van der Waals surface area contributed by atoms with Crippen LogP contribution in [0.15, 0.2) is 0 Å². The summed E-state index contributed by atoms with van der Waals surface area (Å²) in [5.74, 6) is -0.263. The number of methoxy groups -OCH3 is 1. The molecule has 2 unspecified atom stereocenters. The molecule has 1 fully saturated rings. The Kier molecular flexibility index (Phi) is 3.27. The van der Waals surface area contributed by atoms with Gasteiger partial charge in [0.15, 0.2) is 6.10 Å². The van der Waals surface area contributed by atoms with E-state index in [1.165, 1.54) is 0 Å². The molecular formula is C9H16O4. The van der Waals surface area contributed by atoms with E-state index in [4.69, 9.17) is 14.2 Å². The summed E-state index contributed by atoms with van der Waals surface area (Å²) in [6.07, 6.45) is 0.343. The molecule has 0 aromatic carbocycles. The van der Waals surface area contributed by atoms with Gasteiger partial charge in [0.25, 0.3) is 0 Å². The van der Waals surface area contributed by atoms with Crippen molar-refractivity contribution in [1.29, 1.82) is 0 Å². The lowest BCUT2D eigenvalue weighted by molar-refractivity contribution is -0.144. The molecule has 1 aliphatic heterocycles. The van der Waals surface area contributed by atoms with Gasteiger partial charge in [0, 0.05) is 20.1 Å². The minimum atomic E-state index is -0.386. The molecule has 2 atom stereocenters. The molecule has 1 saturated heterocycles. The third-order valence-corrected chi connectivity index (χ3v) is 2.19. The first-order valence-corrected chi connectivity index (χ1v) is 4.47. The minimum absolute atomic E-state index is 0.263. The van der Waals surface area contributed by atoms with E-state index in [9.17, 15) is 4.79 Å². The van der Waals surface area contributed by atoms with Crippen molar-refractivity contribution in [3.8, 4) is 0 Å². The summed E-state index contributed by atoms with van der Waals surface area (Å²) in [5.41, 5.74) is -0.359. The molecule has 0 bridgehead atoms. The Morgan fingerprint density at radius 2 is 2.31 bits per heavy atom. The summed E-state index contributed by atoms with van der Waals surface area (Å²) in [5, 5.41) is 0. The van der Waals surface area contributed by atoms with Crippen LogP contribution in [0.1, 0.15) is 20.3 Å². The lowest BCUT2D eigenvalue weighted by atomic mass is 10.0. The second kappa shape index (κ2) is 4.07. The summed E-state index contributed by atoms with van der Waals surface area (Å²) in [6, 6.07) is 0. The normalized spacial score (nSPS) is 31.5. The van der Waals surface area contributed by atoms with Crippen LogP contribution >= 0.6 is 0 Å². The van der Waals surface area contributed by atoms with E-state index in [1.807, 2.05) is 6.92 Å². The Labute approximate surface area is 78.2 Å². The zero-order valence-corrected chi connectivity index (χ0v) is 8.33. The maximum Gasteiger partial charge on any atom is 0.338 e. The number of carbonyl (C=O) groups is 1. The predicted octanol–water partition coefficient (Wildman–Crippen LogP) is 0.743. The van der Waals surface area contributed by atoms with E-state index < -0.39 is 0 Å². The van der Waals surface area contributed by atoms with E-state index in [0.717, 1.165) is 6.42 Å². The summed E-state index contributed by atoms with van der Waals surface area (Å²) in [6.45, 7) is 4.69. The van der Waals surface area contributed by atoms with Crippen molar-refractivity contribution in [3.63, 3.8) is 0 Å². The molecular weight excluding hydrogens is 172 g/mol. The third-order valence-electron chi connectivity index (χ3n) is 2.19. The van der Waals surface area contributed by atoms with Crippen LogP contribution in [0.2, 0.25) is 0 Å². The Morgan fingerprint density at radius 3 is 2.85 bits per heavy atom. The number of hydrogen-bond donors (Lipinski definition) is 0. The van der Waals surface area contributed by atoms with Gasteiger partial charge in [-0.15, -0.1) is 0 Å². The van der Waals surface area contributed by atoms with E-state index in [0.29, 0.717) is 13.2 Å². The topological polar surface area (TPSA) is 48.1 Å². The van der Waals surface area contributed by atoms with Crippen LogP contribution in [0.5, 0.6) is 0 Å². The maximum absolute atomic E-state index is 11.2. The van der Waals surface area contributed by atoms with Crippen molar-refractivity contribution in [2.45, 2.75) is 32.0 Å². The van der Waals surface area contributed by atoms with Crippen molar-refractivity contribution >= 4 is 5.97 Å². The average Bonchev–Trinajstić information content (AvgIpc) is 2.76. The van der Waals surface area contributed by atoms with Crippen LogP contribution in [0, 0.1) is 0 Å². The van der Waals surface area contributed by atoms with Crippen molar-refractivity contribution in [3.05, 3.63) is 0 Å². The van der Waals surface area contributed by atoms with Gasteiger partial charge in [0.1, 0.15) is 5.60 Å². The highest BCUT2D eigenvalue weighted by Crippen LogP contribution is 2.39. The first kappa shape index (κ1) is 10.5. The van der Waals surface area contributed by atoms with Gasteiger partial charge < -0.3 is 14.2 Å². The number of ether oxygens (including phenoxy) is 3. The Hall–Kier alpha value is -0.610. The zero-order chi connectivity index (χ0) is 9.90. The standard InChI is InChI=1S/C9H16O4/c1-4-12-8(10)7-9(2,13-7)5-6-11-3/h7H,4-6H2,1-3H3. The highest BCUT2D eigenvalue weighted by molar-refractivity contribution is 5.79. The molecule has 76 valence electrons. The van der Waals surface area contributed by atoms with Crippen molar-refractivity contribution < 1.29 is 19.0 Å². The van der Waals surface area contributed by atoms with E-state index >= 15 is 0 Å². The summed E-state index contributed by atoms with van der Waals surface area (Å²) < 4.78 is 15.0. The number of rotatable bonds is 5. The van der Waals surface area contributed by atoms with Crippen molar-refractivity contribution in [1.82, 2.24) is 0 Å². The number of hydrogen-bond acceptors (Lipinski definition) is 4. The van der Waals surface area contributed by atoms with Crippen LogP contribution in [0.3, 0.4) is 0 Å². The van der Waals surface area contributed by atoms with Crippen LogP contribution in [-0.2, 0) is 19.0 Å². The first-order chi connectivity index (χ1) is 6.14. The zero-order valence-electron chi connectivity index (χ0n) is 8.33. The van der Waals surface area contributed by atoms with E-state index in [1.54, 1.807) is 14.0 Å². The third kappa shape index (κ3) is 2.42. The van der Waals surface area contributed by atoms with Gasteiger partial charge in [0.2, 0.25) is 0 Å². The number of carbonyl (C=O) groups excluding carboxylic acids is 1. The molecule has 4 heteroatoms. The van der Waals surface area contributed by atoms with Crippen LogP contribution in [0.25, 0.3) is 0 Å². The quantitative estimate of drug-likeness (QED) is 0.471. The summed E-state index contributed by atoms with van der Waals surface area (Å²) in [7, 11) is 1.63. The molecule has 0 radical (unpaired) electrons. The SMILES string of the molecule is CCOC(=O)C1OC1(C)CCOC. The Balaban J connectivity index is 2.30. The van der Waals surface area contributed by atoms with Gasteiger partial charge in [0.05, 0.1) is 6.61 Å². The first-order valence-electron chi connectivity index (χ1n) is 4.47. The van der Waals surface area contributed by atoms with Gasteiger partial charge in [-0.25, -0.2) is 4.79 Å². The molecule has 1 heterocycles. The maximum atomic E-state index is 11.2. The van der Waals surface area contributed by atoms with Crippen LogP contribution < -0.4 is 0 Å². The molecule has 0 aliphatic carbocycles. The fourth-order valence-corrected chi connectivity index (χ4v) is 1.25. The second-order valence-electron chi connectivity index (χ2n) is 3.31. The lowest BCUT2D eigenvalue weighted by Gasteiger charge is -2.04. The van der Waals surface area contributed by atoms with Gasteiger partial charge in [-0.1, -0.05) is 0 Å². The second-order valence-corrected chi connectivity index (χ2v) is 3.31. The Bertz CT molecular complexity index is 192. The predicted molar refractivity (Wildman–Crippen MR) is 46.4 cm³/mol. The van der Waals surface area contributed by atoms with Crippen molar-refractivity contribution in [2.75, 3.05) is 20.3 Å². The summed E-state index contributed by atoms with van der Waals surface area (Å²) in [4.78, 5) is 11.2. The van der Waals surface area contributed by atoms with Gasteiger partial charge >= 0.3 is 5.97 Å². The molecule has 1 aliphatic rings. The van der Waals surface area contributed by atoms with E-state index in [-0.39, 0.29) is 17.7 Å². The molecule has 1 rings (SSSR count). The van der Waals surface area contributed by atoms with Gasteiger partial charge in [-0.05, 0) is 13.8 Å². The Morgan fingerprint density at radius 1 is 1.62 bits per heavy atom. The van der Waals surface area contributed by atoms with Crippen molar-refractivity contribution in [2.24, 2.45) is 0 Å². The van der Waals surface area contributed by atoms with Gasteiger partial charge in [-0.3, -0.25) is 0 Å². The molecule has 0 aromatic rings. The molecule has 0 amide bonds. The highest BCUT2D eigenvalue weighted by atomic mass is 16.7. The molecule has 0 aromatic heterocycles. The molecule has 4 nitrogen and oxygen atoms in total. The number of esters is 1. The summed E-state index contributed by atoms with van der Waals surface area (Å²) >= 11 is 0. The van der Waals surface area contributed by atoms with E-state index in [2.05, 4.69) is 0 Å². The fraction of sp³-hybridized carbons (Fsp3) is 0.889. The van der Waals surface area contributed by atoms with Crippen LogP contribution in [-0.4, -0.2) is 38.0 Å².